The van der Waals surface area contributed by atoms with Crippen LogP contribution in [0.1, 0.15) is 0 Å². The normalized spacial score (nSPS) is 10.9. The Bertz CT molecular complexity index is 704. The fourth-order valence-electron chi connectivity index (χ4n) is 2.16. The molecule has 0 saturated carbocycles. The second kappa shape index (κ2) is 3.74. The summed E-state index contributed by atoms with van der Waals surface area (Å²) in [5, 5.41) is 4.08. The Morgan fingerprint density at radius 3 is 2.47 bits per heavy atom. The molecule has 0 unspecified atom stereocenters. The van der Waals surface area contributed by atoms with E-state index in [-0.39, 0.29) is 11.6 Å². The molecular weight excluding hydrogens is 215 g/mol. The number of halogens is 1. The average Bonchev–Trinajstić information content (AvgIpc) is 2.38. The summed E-state index contributed by atoms with van der Waals surface area (Å²) in [5.74, 6) is -0.0378. The van der Waals surface area contributed by atoms with Gasteiger partial charge in [0, 0.05) is 0 Å². The van der Waals surface area contributed by atoms with Gasteiger partial charge in [-0.25, -0.2) is 4.39 Å². The Morgan fingerprint density at radius 2 is 1.65 bits per heavy atom. The van der Waals surface area contributed by atoms with Gasteiger partial charge in [0.15, 0.2) is 11.6 Å². The van der Waals surface area contributed by atoms with Crippen LogP contribution in [0.15, 0.2) is 48.5 Å². The van der Waals surface area contributed by atoms with Gasteiger partial charge >= 0.3 is 0 Å². The highest BCUT2D eigenvalue weighted by molar-refractivity contribution is 6.07. The third kappa shape index (κ3) is 1.53. The molecule has 0 fully saturated rings. The van der Waals surface area contributed by atoms with E-state index in [1.54, 1.807) is 6.07 Å². The maximum Gasteiger partial charge on any atom is 0.165 e. The van der Waals surface area contributed by atoms with Gasteiger partial charge in [-0.15, -0.1) is 0 Å². The monoisotopic (exact) mass is 226 g/mol. The van der Waals surface area contributed by atoms with E-state index in [0.717, 1.165) is 21.5 Å². The van der Waals surface area contributed by atoms with Crippen LogP contribution < -0.4 is 4.74 Å². The molecule has 0 spiro atoms. The van der Waals surface area contributed by atoms with Crippen LogP contribution >= 0.6 is 0 Å². The molecule has 0 bridgehead atoms. The fraction of sp³-hybridized carbons (Fsp3) is 0.0667. The minimum atomic E-state index is -0.323. The molecule has 17 heavy (non-hydrogen) atoms. The van der Waals surface area contributed by atoms with E-state index in [4.69, 9.17) is 4.74 Å². The van der Waals surface area contributed by atoms with Gasteiger partial charge in [-0.1, -0.05) is 36.4 Å². The van der Waals surface area contributed by atoms with Crippen molar-refractivity contribution in [3.8, 4) is 5.75 Å². The van der Waals surface area contributed by atoms with E-state index in [2.05, 4.69) is 0 Å². The Kier molecular flexibility index (Phi) is 2.22. The zero-order valence-electron chi connectivity index (χ0n) is 9.41. The summed E-state index contributed by atoms with van der Waals surface area (Å²) in [6.07, 6.45) is 0. The van der Waals surface area contributed by atoms with Crippen LogP contribution in [0.3, 0.4) is 0 Å². The highest BCUT2D eigenvalue weighted by Crippen LogP contribution is 2.30. The third-order valence-electron chi connectivity index (χ3n) is 3.02. The van der Waals surface area contributed by atoms with Crippen LogP contribution in [-0.2, 0) is 0 Å². The molecule has 3 aromatic rings. The third-order valence-corrected chi connectivity index (χ3v) is 3.02. The lowest BCUT2D eigenvalue weighted by atomic mass is 10.0. The molecule has 0 aliphatic rings. The van der Waals surface area contributed by atoms with E-state index in [0.29, 0.717) is 0 Å². The molecule has 0 N–H and O–H groups in total. The molecular formula is C15H11FO. The Hall–Kier alpha value is -2.09. The van der Waals surface area contributed by atoms with Crippen LogP contribution in [0.25, 0.3) is 21.5 Å². The zero-order chi connectivity index (χ0) is 11.8. The van der Waals surface area contributed by atoms with Crippen molar-refractivity contribution in [2.45, 2.75) is 0 Å². The van der Waals surface area contributed by atoms with E-state index >= 15 is 0 Å². The van der Waals surface area contributed by atoms with Gasteiger partial charge in [-0.2, -0.15) is 0 Å². The first kappa shape index (κ1) is 10.1. The maximum atomic E-state index is 13.7. The SMILES string of the molecule is COc1cc2ccc3ccccc3c2cc1F. The number of rotatable bonds is 1. The predicted octanol–water partition coefficient (Wildman–Crippen LogP) is 4.14. The molecule has 3 aromatic carbocycles. The number of benzene rings is 3. The molecule has 0 saturated heterocycles. The van der Waals surface area contributed by atoms with E-state index in [1.165, 1.54) is 13.2 Å². The van der Waals surface area contributed by atoms with Crippen LogP contribution in [0.5, 0.6) is 5.75 Å². The van der Waals surface area contributed by atoms with Gasteiger partial charge in [0.25, 0.3) is 0 Å². The zero-order valence-corrected chi connectivity index (χ0v) is 9.41. The molecule has 84 valence electrons. The molecule has 1 nitrogen and oxygen atoms in total. The van der Waals surface area contributed by atoms with E-state index in [9.17, 15) is 4.39 Å². The highest BCUT2D eigenvalue weighted by Gasteiger charge is 2.06. The van der Waals surface area contributed by atoms with Crippen LogP contribution in [-0.4, -0.2) is 7.11 Å². The van der Waals surface area contributed by atoms with Gasteiger partial charge in [-0.05, 0) is 33.7 Å². The lowest BCUT2D eigenvalue weighted by Crippen LogP contribution is -1.88. The summed E-state index contributed by atoms with van der Waals surface area (Å²) < 4.78 is 18.7. The van der Waals surface area contributed by atoms with Crippen LogP contribution in [0.4, 0.5) is 4.39 Å². The molecule has 0 aliphatic carbocycles. The average molecular weight is 226 g/mol. The lowest BCUT2D eigenvalue weighted by molar-refractivity contribution is 0.387. The summed E-state index contributed by atoms with van der Waals surface area (Å²) in [4.78, 5) is 0. The maximum absolute atomic E-state index is 13.7. The minimum absolute atomic E-state index is 0.285. The first-order valence-electron chi connectivity index (χ1n) is 5.44. The number of hydrogen-bond donors (Lipinski definition) is 0. The number of ether oxygens (including phenoxy) is 1. The van der Waals surface area contributed by atoms with Crippen molar-refractivity contribution in [3.63, 3.8) is 0 Å². The van der Waals surface area contributed by atoms with Crippen molar-refractivity contribution in [3.05, 3.63) is 54.3 Å². The summed E-state index contributed by atoms with van der Waals surface area (Å²) in [7, 11) is 1.48. The standard InChI is InChI=1S/C15H11FO/c1-17-15-8-11-7-6-10-4-2-3-5-12(10)13(11)9-14(15)16/h2-9H,1H3. The summed E-state index contributed by atoms with van der Waals surface area (Å²) in [6.45, 7) is 0. The van der Waals surface area contributed by atoms with E-state index in [1.807, 2.05) is 36.4 Å². The highest BCUT2D eigenvalue weighted by atomic mass is 19.1. The minimum Gasteiger partial charge on any atom is -0.494 e. The van der Waals surface area contributed by atoms with Crippen molar-refractivity contribution in [1.82, 2.24) is 0 Å². The van der Waals surface area contributed by atoms with Gasteiger partial charge in [-0.3, -0.25) is 0 Å². The molecule has 0 radical (unpaired) electrons. The van der Waals surface area contributed by atoms with Crippen LogP contribution in [0, 0.1) is 5.82 Å². The second-order valence-corrected chi connectivity index (χ2v) is 3.99. The fourth-order valence-corrected chi connectivity index (χ4v) is 2.16. The molecule has 3 rings (SSSR count). The summed E-state index contributed by atoms with van der Waals surface area (Å²) in [6, 6.07) is 15.3. The number of hydrogen-bond acceptors (Lipinski definition) is 1. The Balaban J connectivity index is 2.46. The Labute approximate surface area is 98.4 Å². The molecule has 0 amide bonds. The molecule has 2 heteroatoms. The van der Waals surface area contributed by atoms with Crippen molar-refractivity contribution < 1.29 is 9.13 Å². The van der Waals surface area contributed by atoms with Gasteiger partial charge in [0.05, 0.1) is 7.11 Å². The van der Waals surface area contributed by atoms with Crippen molar-refractivity contribution in [2.75, 3.05) is 7.11 Å². The smallest absolute Gasteiger partial charge is 0.165 e. The van der Waals surface area contributed by atoms with Crippen molar-refractivity contribution in [1.29, 1.82) is 0 Å². The first-order chi connectivity index (χ1) is 8.29. The molecule has 0 heterocycles. The summed E-state index contributed by atoms with van der Waals surface area (Å²) >= 11 is 0. The van der Waals surface area contributed by atoms with Gasteiger partial charge in [0.1, 0.15) is 0 Å². The number of methoxy groups -OCH3 is 1. The quantitative estimate of drug-likeness (QED) is 0.566. The van der Waals surface area contributed by atoms with E-state index < -0.39 is 0 Å². The van der Waals surface area contributed by atoms with Crippen LogP contribution in [0.2, 0.25) is 0 Å². The largest absolute Gasteiger partial charge is 0.494 e. The van der Waals surface area contributed by atoms with Gasteiger partial charge in [0.2, 0.25) is 0 Å². The summed E-state index contributed by atoms with van der Waals surface area (Å²) in [5.41, 5.74) is 0. The predicted molar refractivity (Wildman–Crippen MR) is 68.0 cm³/mol. The van der Waals surface area contributed by atoms with Gasteiger partial charge < -0.3 is 4.74 Å². The van der Waals surface area contributed by atoms with Crippen molar-refractivity contribution in [2.24, 2.45) is 0 Å². The van der Waals surface area contributed by atoms with Crippen molar-refractivity contribution >= 4 is 21.5 Å². The molecule has 0 aromatic heterocycles. The molecule has 0 atom stereocenters. The Morgan fingerprint density at radius 1 is 0.882 bits per heavy atom. The number of fused-ring (bicyclic) bond motifs is 3. The first-order valence-corrected chi connectivity index (χ1v) is 5.44. The second-order valence-electron chi connectivity index (χ2n) is 3.99. The molecule has 0 aliphatic heterocycles. The topological polar surface area (TPSA) is 9.23 Å². The lowest BCUT2D eigenvalue weighted by Gasteiger charge is -2.07.